The Bertz CT molecular complexity index is 403. The van der Waals surface area contributed by atoms with E-state index >= 15 is 0 Å². The average molecular weight is 264 g/mol. The summed E-state index contributed by atoms with van der Waals surface area (Å²) in [7, 11) is 0. The van der Waals surface area contributed by atoms with Gasteiger partial charge in [0.1, 0.15) is 5.75 Å². The van der Waals surface area contributed by atoms with Crippen molar-refractivity contribution in [1.82, 2.24) is 0 Å². The summed E-state index contributed by atoms with van der Waals surface area (Å²) >= 11 is 0. The first kappa shape index (κ1) is 14.4. The number of para-hydroxylation sites is 1. The third-order valence-corrected chi connectivity index (χ3v) is 3.73. The Labute approximate surface area is 115 Å². The molecule has 0 saturated carbocycles. The smallest absolute Gasteiger partial charge is 0.125 e. The summed E-state index contributed by atoms with van der Waals surface area (Å²) in [5, 5.41) is 11.0. The van der Waals surface area contributed by atoms with Gasteiger partial charge in [-0.15, -0.1) is 0 Å². The first-order chi connectivity index (χ1) is 9.19. The fourth-order valence-electron chi connectivity index (χ4n) is 2.82. The first-order valence-corrected chi connectivity index (χ1v) is 7.26. The second-order valence-electron chi connectivity index (χ2n) is 5.20. The van der Waals surface area contributed by atoms with Crippen LogP contribution in [0.5, 0.6) is 5.75 Å². The number of benzene rings is 1. The normalized spacial score (nSPS) is 27.2. The lowest BCUT2D eigenvalue weighted by Gasteiger charge is -2.38. The van der Waals surface area contributed by atoms with Crippen LogP contribution < -0.4 is 4.74 Å². The largest absolute Gasteiger partial charge is 0.493 e. The van der Waals surface area contributed by atoms with E-state index in [1.807, 2.05) is 31.2 Å². The molecule has 0 amide bonds. The highest BCUT2D eigenvalue weighted by Gasteiger charge is 2.38. The molecule has 106 valence electrons. The van der Waals surface area contributed by atoms with E-state index in [4.69, 9.17) is 9.47 Å². The van der Waals surface area contributed by atoms with Crippen LogP contribution in [0.15, 0.2) is 24.3 Å². The standard InChI is InChI=1S/C16H24O3/c1-3-7-13-12-16(17,10-11-19-13)14-8-5-6-9-15(14)18-4-2/h5-6,8-9,13,17H,3-4,7,10-12H2,1-2H3. The van der Waals surface area contributed by atoms with Crippen molar-refractivity contribution in [3.8, 4) is 5.75 Å². The van der Waals surface area contributed by atoms with Crippen molar-refractivity contribution in [2.24, 2.45) is 0 Å². The zero-order valence-electron chi connectivity index (χ0n) is 11.9. The highest BCUT2D eigenvalue weighted by molar-refractivity contribution is 5.38. The van der Waals surface area contributed by atoms with Gasteiger partial charge in [0, 0.05) is 18.4 Å². The predicted octanol–water partition coefficient (Wildman–Crippen LogP) is 3.25. The molecular weight excluding hydrogens is 240 g/mol. The fraction of sp³-hybridized carbons (Fsp3) is 0.625. The minimum atomic E-state index is -0.816. The molecule has 1 aromatic rings. The van der Waals surface area contributed by atoms with Crippen molar-refractivity contribution >= 4 is 0 Å². The molecule has 1 aliphatic rings. The third-order valence-electron chi connectivity index (χ3n) is 3.73. The molecule has 2 unspecified atom stereocenters. The summed E-state index contributed by atoms with van der Waals surface area (Å²) in [4.78, 5) is 0. The highest BCUT2D eigenvalue weighted by atomic mass is 16.5. The van der Waals surface area contributed by atoms with Gasteiger partial charge in [-0.3, -0.25) is 0 Å². The zero-order chi connectivity index (χ0) is 13.7. The van der Waals surface area contributed by atoms with Crippen LogP contribution >= 0.6 is 0 Å². The molecule has 0 aromatic heterocycles. The fourth-order valence-corrected chi connectivity index (χ4v) is 2.82. The summed E-state index contributed by atoms with van der Waals surface area (Å²) in [5.74, 6) is 0.796. The summed E-state index contributed by atoms with van der Waals surface area (Å²) in [6.45, 7) is 5.33. The van der Waals surface area contributed by atoms with Gasteiger partial charge < -0.3 is 14.6 Å². The van der Waals surface area contributed by atoms with E-state index in [-0.39, 0.29) is 6.10 Å². The van der Waals surface area contributed by atoms with Gasteiger partial charge in [-0.1, -0.05) is 31.5 Å². The molecule has 2 rings (SSSR count). The molecular formula is C16H24O3. The van der Waals surface area contributed by atoms with E-state index in [1.165, 1.54) is 0 Å². The van der Waals surface area contributed by atoms with Crippen LogP contribution in [0.3, 0.4) is 0 Å². The van der Waals surface area contributed by atoms with Crippen molar-refractivity contribution in [3.63, 3.8) is 0 Å². The number of hydrogen-bond acceptors (Lipinski definition) is 3. The molecule has 19 heavy (non-hydrogen) atoms. The van der Waals surface area contributed by atoms with E-state index < -0.39 is 5.60 Å². The Morgan fingerprint density at radius 2 is 2.16 bits per heavy atom. The van der Waals surface area contributed by atoms with Gasteiger partial charge in [0.25, 0.3) is 0 Å². The maximum atomic E-state index is 11.0. The van der Waals surface area contributed by atoms with Crippen LogP contribution in [0.4, 0.5) is 0 Å². The van der Waals surface area contributed by atoms with Crippen molar-refractivity contribution in [2.45, 2.75) is 51.2 Å². The van der Waals surface area contributed by atoms with E-state index in [2.05, 4.69) is 6.92 Å². The Morgan fingerprint density at radius 1 is 1.37 bits per heavy atom. The summed E-state index contributed by atoms with van der Waals surface area (Å²) in [5.41, 5.74) is 0.0883. The molecule has 1 heterocycles. The maximum Gasteiger partial charge on any atom is 0.125 e. The number of ether oxygens (including phenoxy) is 2. The van der Waals surface area contributed by atoms with Gasteiger partial charge >= 0.3 is 0 Å². The topological polar surface area (TPSA) is 38.7 Å². The Hall–Kier alpha value is -1.06. The molecule has 1 aromatic carbocycles. The van der Waals surface area contributed by atoms with E-state index in [0.29, 0.717) is 26.1 Å². The van der Waals surface area contributed by atoms with Gasteiger partial charge in [-0.05, 0) is 19.4 Å². The van der Waals surface area contributed by atoms with Crippen LogP contribution in [-0.4, -0.2) is 24.4 Å². The lowest BCUT2D eigenvalue weighted by molar-refractivity contribution is -0.110. The predicted molar refractivity (Wildman–Crippen MR) is 75.4 cm³/mol. The second kappa shape index (κ2) is 6.40. The molecule has 3 heteroatoms. The van der Waals surface area contributed by atoms with E-state index in [9.17, 15) is 5.11 Å². The van der Waals surface area contributed by atoms with Crippen molar-refractivity contribution in [3.05, 3.63) is 29.8 Å². The van der Waals surface area contributed by atoms with Gasteiger partial charge in [0.2, 0.25) is 0 Å². The zero-order valence-corrected chi connectivity index (χ0v) is 11.9. The van der Waals surface area contributed by atoms with Crippen LogP contribution in [0.2, 0.25) is 0 Å². The summed E-state index contributed by atoms with van der Waals surface area (Å²) in [6.07, 6.45) is 3.52. The first-order valence-electron chi connectivity index (χ1n) is 7.26. The molecule has 2 atom stereocenters. The Kier molecular flexibility index (Phi) is 4.83. The van der Waals surface area contributed by atoms with Crippen molar-refractivity contribution < 1.29 is 14.6 Å². The second-order valence-corrected chi connectivity index (χ2v) is 5.20. The Balaban J connectivity index is 2.23. The van der Waals surface area contributed by atoms with Crippen LogP contribution in [-0.2, 0) is 10.3 Å². The number of aliphatic hydroxyl groups is 1. The van der Waals surface area contributed by atoms with E-state index in [0.717, 1.165) is 24.2 Å². The molecule has 0 bridgehead atoms. The van der Waals surface area contributed by atoms with Crippen LogP contribution in [0, 0.1) is 0 Å². The SMILES string of the molecule is CCCC1CC(O)(c2ccccc2OCC)CCO1. The van der Waals surface area contributed by atoms with Crippen molar-refractivity contribution in [2.75, 3.05) is 13.2 Å². The van der Waals surface area contributed by atoms with Crippen LogP contribution in [0.1, 0.15) is 45.1 Å². The summed E-state index contributed by atoms with van der Waals surface area (Å²) in [6, 6.07) is 7.81. The van der Waals surface area contributed by atoms with E-state index in [1.54, 1.807) is 0 Å². The lowest BCUT2D eigenvalue weighted by atomic mass is 9.82. The van der Waals surface area contributed by atoms with Gasteiger partial charge in [-0.2, -0.15) is 0 Å². The molecule has 1 aliphatic heterocycles. The highest BCUT2D eigenvalue weighted by Crippen LogP contribution is 2.40. The molecule has 0 radical (unpaired) electrons. The monoisotopic (exact) mass is 264 g/mol. The molecule has 1 fully saturated rings. The summed E-state index contributed by atoms with van der Waals surface area (Å²) < 4.78 is 11.4. The molecule has 3 nitrogen and oxygen atoms in total. The maximum absolute atomic E-state index is 11.0. The number of rotatable bonds is 5. The minimum absolute atomic E-state index is 0.151. The van der Waals surface area contributed by atoms with Crippen LogP contribution in [0.25, 0.3) is 0 Å². The van der Waals surface area contributed by atoms with Gasteiger partial charge in [-0.25, -0.2) is 0 Å². The van der Waals surface area contributed by atoms with Crippen molar-refractivity contribution in [1.29, 1.82) is 0 Å². The average Bonchev–Trinajstić information content (AvgIpc) is 2.40. The van der Waals surface area contributed by atoms with Gasteiger partial charge in [0.15, 0.2) is 0 Å². The molecule has 1 N–H and O–H groups in total. The molecule has 0 aliphatic carbocycles. The number of hydrogen-bond donors (Lipinski definition) is 1. The lowest BCUT2D eigenvalue weighted by Crippen LogP contribution is -2.38. The Morgan fingerprint density at radius 3 is 2.89 bits per heavy atom. The third kappa shape index (κ3) is 3.28. The van der Waals surface area contributed by atoms with Gasteiger partial charge in [0.05, 0.1) is 24.9 Å². The molecule has 1 saturated heterocycles. The minimum Gasteiger partial charge on any atom is -0.493 e. The quantitative estimate of drug-likeness (QED) is 0.887. The molecule has 0 spiro atoms.